The van der Waals surface area contributed by atoms with Crippen molar-refractivity contribution in [3.05, 3.63) is 57.6 Å². The Hall–Kier alpha value is -2.72. The van der Waals surface area contributed by atoms with Crippen LogP contribution in [-0.2, 0) is 21.0 Å². The van der Waals surface area contributed by atoms with Crippen molar-refractivity contribution in [3.63, 3.8) is 0 Å². The molecule has 0 aromatic heterocycles. The average Bonchev–Trinajstić information content (AvgIpc) is 2.72. The molecule has 6 nitrogen and oxygen atoms in total. The van der Waals surface area contributed by atoms with Crippen LogP contribution in [0.5, 0.6) is 11.5 Å². The normalized spacial score (nSPS) is 12.0. The van der Waals surface area contributed by atoms with Gasteiger partial charge in [0, 0.05) is 17.7 Å². The summed E-state index contributed by atoms with van der Waals surface area (Å²) in [5.74, 6) is -1.54. The first-order valence-electron chi connectivity index (χ1n) is 8.35. The van der Waals surface area contributed by atoms with Gasteiger partial charge in [0.25, 0.3) is 0 Å². The summed E-state index contributed by atoms with van der Waals surface area (Å²) in [6, 6.07) is 8.67. The Bertz CT molecular complexity index is 949. The molecule has 0 N–H and O–H groups in total. The fourth-order valence-electron chi connectivity index (χ4n) is 2.32. The second-order valence-corrected chi connectivity index (χ2v) is 6.55. The predicted octanol–water partition coefficient (Wildman–Crippen LogP) is 5.33. The van der Waals surface area contributed by atoms with Crippen LogP contribution in [0.3, 0.4) is 0 Å². The second kappa shape index (κ2) is 10.5. The van der Waals surface area contributed by atoms with Crippen molar-refractivity contribution < 1.29 is 41.4 Å². The first kappa shape index (κ1) is 24.5. The van der Waals surface area contributed by atoms with E-state index in [1.807, 2.05) is 0 Å². The quantitative estimate of drug-likeness (QED) is 0.208. The summed E-state index contributed by atoms with van der Waals surface area (Å²) in [6.45, 7) is -0.129. The van der Waals surface area contributed by atoms with Gasteiger partial charge in [-0.15, -0.1) is 0 Å². The lowest BCUT2D eigenvalue weighted by Crippen LogP contribution is -2.33. The van der Waals surface area contributed by atoms with Crippen LogP contribution in [0.25, 0.3) is 0 Å². The lowest BCUT2D eigenvalue weighted by atomic mass is 10.0. The SMILES string of the molecule is CO/N=C(/C(=O)OC)c1ccccc1COc1cc(Cl)c(OC(F)(F)C(F)F)c(Cl)c1. The van der Waals surface area contributed by atoms with Crippen molar-refractivity contribution in [1.82, 2.24) is 0 Å². The zero-order valence-corrected chi connectivity index (χ0v) is 17.5. The van der Waals surface area contributed by atoms with E-state index in [-0.39, 0.29) is 18.1 Å². The highest BCUT2D eigenvalue weighted by Crippen LogP contribution is 2.40. The molecule has 168 valence electrons. The fraction of sp³-hybridized carbons (Fsp3) is 0.263. The molecule has 0 amide bonds. The van der Waals surface area contributed by atoms with Crippen molar-refractivity contribution >= 4 is 34.9 Å². The number of esters is 1. The third-order valence-electron chi connectivity index (χ3n) is 3.69. The molecular weight excluding hydrogens is 469 g/mol. The van der Waals surface area contributed by atoms with Gasteiger partial charge >= 0.3 is 18.5 Å². The Balaban J connectivity index is 2.27. The third-order valence-corrected chi connectivity index (χ3v) is 4.25. The molecule has 0 heterocycles. The Morgan fingerprint density at radius 1 is 1.13 bits per heavy atom. The molecule has 2 aromatic rings. The van der Waals surface area contributed by atoms with Crippen LogP contribution in [0.1, 0.15) is 11.1 Å². The molecule has 0 radical (unpaired) electrons. The number of hydrogen-bond acceptors (Lipinski definition) is 6. The molecule has 0 saturated heterocycles. The number of carbonyl (C=O) groups excluding carboxylic acids is 1. The van der Waals surface area contributed by atoms with Crippen LogP contribution in [0, 0.1) is 0 Å². The van der Waals surface area contributed by atoms with Gasteiger partial charge in [0.1, 0.15) is 19.5 Å². The Kier molecular flexibility index (Phi) is 8.35. The van der Waals surface area contributed by atoms with E-state index >= 15 is 0 Å². The minimum absolute atomic E-state index is 0.0285. The van der Waals surface area contributed by atoms with Crippen LogP contribution in [0.4, 0.5) is 17.6 Å². The highest BCUT2D eigenvalue weighted by molar-refractivity contribution is 6.43. The van der Waals surface area contributed by atoms with Gasteiger partial charge in [-0.3, -0.25) is 0 Å². The van der Waals surface area contributed by atoms with Crippen LogP contribution in [0.15, 0.2) is 41.6 Å². The third kappa shape index (κ3) is 6.14. The molecule has 0 bridgehead atoms. The number of alkyl halides is 4. The summed E-state index contributed by atoms with van der Waals surface area (Å²) in [5, 5.41) is 2.73. The smallest absolute Gasteiger partial charge is 0.461 e. The number of benzene rings is 2. The van der Waals surface area contributed by atoms with Crippen molar-refractivity contribution in [2.24, 2.45) is 5.16 Å². The van der Waals surface area contributed by atoms with Crippen molar-refractivity contribution in [2.75, 3.05) is 14.2 Å². The molecule has 0 aliphatic heterocycles. The zero-order chi connectivity index (χ0) is 23.2. The molecule has 0 atom stereocenters. The molecule has 31 heavy (non-hydrogen) atoms. The summed E-state index contributed by atoms with van der Waals surface area (Å²) >= 11 is 11.7. The van der Waals surface area contributed by atoms with Gasteiger partial charge < -0.3 is 19.0 Å². The van der Waals surface area contributed by atoms with Crippen molar-refractivity contribution in [1.29, 1.82) is 0 Å². The second-order valence-electron chi connectivity index (χ2n) is 5.74. The van der Waals surface area contributed by atoms with Crippen LogP contribution in [-0.4, -0.2) is 38.4 Å². The van der Waals surface area contributed by atoms with Crippen molar-refractivity contribution in [3.8, 4) is 11.5 Å². The number of hydrogen-bond donors (Lipinski definition) is 0. The summed E-state index contributed by atoms with van der Waals surface area (Å²) in [5.41, 5.74) is 0.726. The molecular formula is C19H15Cl2F4NO5. The molecule has 0 aliphatic carbocycles. The van der Waals surface area contributed by atoms with Crippen LogP contribution >= 0.6 is 23.2 Å². The first-order chi connectivity index (χ1) is 14.6. The van der Waals surface area contributed by atoms with Gasteiger partial charge in [-0.2, -0.15) is 17.6 Å². The van der Waals surface area contributed by atoms with Gasteiger partial charge in [0.05, 0.1) is 17.2 Å². The Labute approximate surface area is 184 Å². The van der Waals surface area contributed by atoms with E-state index in [0.29, 0.717) is 11.1 Å². The number of methoxy groups -OCH3 is 1. The molecule has 0 aliphatic rings. The van der Waals surface area contributed by atoms with Gasteiger partial charge in [-0.1, -0.05) is 52.6 Å². The number of rotatable bonds is 9. The number of halogens is 6. The fourth-order valence-corrected chi connectivity index (χ4v) is 2.86. The molecule has 2 aromatic carbocycles. The van der Waals surface area contributed by atoms with Gasteiger partial charge in [-0.25, -0.2) is 4.79 Å². The average molecular weight is 484 g/mol. The number of carbonyl (C=O) groups is 1. The van der Waals surface area contributed by atoms with Gasteiger partial charge in [-0.05, 0) is 5.56 Å². The number of ether oxygens (including phenoxy) is 3. The summed E-state index contributed by atoms with van der Waals surface area (Å²) < 4.78 is 65.2. The molecule has 0 saturated carbocycles. The molecule has 2 rings (SSSR count). The van der Waals surface area contributed by atoms with E-state index in [2.05, 4.69) is 19.5 Å². The topological polar surface area (TPSA) is 66.4 Å². The zero-order valence-electron chi connectivity index (χ0n) is 16.0. The van der Waals surface area contributed by atoms with E-state index in [1.54, 1.807) is 24.3 Å². The number of oxime groups is 1. The highest BCUT2D eigenvalue weighted by atomic mass is 35.5. The number of nitrogens with zero attached hydrogens (tertiary/aromatic N) is 1. The van der Waals surface area contributed by atoms with E-state index in [1.165, 1.54) is 14.2 Å². The molecule has 0 spiro atoms. The summed E-state index contributed by atoms with van der Waals surface area (Å²) in [6.07, 6.45) is -8.86. The van der Waals surface area contributed by atoms with Crippen LogP contribution in [0.2, 0.25) is 10.0 Å². The monoisotopic (exact) mass is 483 g/mol. The maximum absolute atomic E-state index is 13.2. The van der Waals surface area contributed by atoms with E-state index in [0.717, 1.165) is 12.1 Å². The maximum Gasteiger partial charge on any atom is 0.461 e. The molecule has 0 fully saturated rings. The minimum atomic E-state index is -4.78. The standard InChI is InChI=1S/C19H15Cl2F4NO5/c1-28-17(27)15(26-29-2)12-6-4-3-5-10(12)9-30-11-7-13(20)16(14(21)8-11)31-19(24,25)18(22)23/h3-8,18H,9H2,1-2H3/b26-15+. The lowest BCUT2D eigenvalue weighted by Gasteiger charge is -2.19. The van der Waals surface area contributed by atoms with Gasteiger partial charge in [0.15, 0.2) is 11.5 Å². The predicted molar refractivity (Wildman–Crippen MR) is 104 cm³/mol. The van der Waals surface area contributed by atoms with E-state index < -0.39 is 34.3 Å². The lowest BCUT2D eigenvalue weighted by molar-refractivity contribution is -0.253. The van der Waals surface area contributed by atoms with Crippen molar-refractivity contribution in [2.45, 2.75) is 19.1 Å². The van der Waals surface area contributed by atoms with Gasteiger partial charge in [0.2, 0.25) is 0 Å². The Morgan fingerprint density at radius 2 is 1.74 bits per heavy atom. The Morgan fingerprint density at radius 3 is 2.29 bits per heavy atom. The van der Waals surface area contributed by atoms with E-state index in [4.69, 9.17) is 27.9 Å². The largest absolute Gasteiger partial charge is 0.489 e. The minimum Gasteiger partial charge on any atom is -0.489 e. The maximum atomic E-state index is 13.2. The van der Waals surface area contributed by atoms with E-state index in [9.17, 15) is 22.4 Å². The highest BCUT2D eigenvalue weighted by Gasteiger charge is 2.45. The first-order valence-corrected chi connectivity index (χ1v) is 9.10. The van der Waals surface area contributed by atoms with Crippen LogP contribution < -0.4 is 9.47 Å². The summed E-state index contributed by atoms with van der Waals surface area (Å²) in [4.78, 5) is 16.7. The molecule has 12 heteroatoms. The summed E-state index contributed by atoms with van der Waals surface area (Å²) in [7, 11) is 2.44. The molecule has 0 unspecified atom stereocenters.